The number of ether oxygens (including phenoxy) is 2. The van der Waals surface area contributed by atoms with E-state index in [2.05, 4.69) is 20.8 Å². The lowest BCUT2D eigenvalue weighted by Gasteiger charge is -2.31. The maximum Gasteiger partial charge on any atom is 0.341 e. The predicted molar refractivity (Wildman–Crippen MR) is 124 cm³/mol. The van der Waals surface area contributed by atoms with Gasteiger partial charge in [-0.2, -0.15) is 0 Å². The Morgan fingerprint density at radius 2 is 2.06 bits per heavy atom. The first kappa shape index (κ1) is 23.7. The summed E-state index contributed by atoms with van der Waals surface area (Å²) in [6.45, 7) is 10.2. The fourth-order valence-electron chi connectivity index (χ4n) is 3.66. The number of pyridine rings is 1. The van der Waals surface area contributed by atoms with Crippen molar-refractivity contribution < 1.29 is 19.4 Å². The second-order valence-electron chi connectivity index (χ2n) is 9.46. The van der Waals surface area contributed by atoms with E-state index in [9.17, 15) is 14.7 Å². The number of allylic oxidation sites excluding steroid dienone is 4. The molecule has 0 spiro atoms. The number of aromatic carboxylic acids is 1. The first-order chi connectivity index (χ1) is 15.1. The Hall–Kier alpha value is -2.93. The molecule has 0 saturated carbocycles. The van der Waals surface area contributed by atoms with Gasteiger partial charge in [0.15, 0.2) is 5.43 Å². The van der Waals surface area contributed by atoms with Crippen LogP contribution < -0.4 is 5.43 Å². The van der Waals surface area contributed by atoms with Gasteiger partial charge in [0.2, 0.25) is 0 Å². The van der Waals surface area contributed by atoms with Crippen LogP contribution in [0.3, 0.4) is 0 Å². The Kier molecular flexibility index (Phi) is 7.19. The SMILES string of the molecule is CC(n1cc(C(=O)O)c(=O)cc1/C=C1\C=CC=C(OCC2CCOCC2)C1=N)C(C)(C)C. The lowest BCUT2D eigenvalue weighted by Crippen LogP contribution is -2.27. The Bertz CT molecular complexity index is 1030. The summed E-state index contributed by atoms with van der Waals surface area (Å²) in [5, 5.41) is 18.0. The van der Waals surface area contributed by atoms with Crippen LogP contribution in [0.25, 0.3) is 6.08 Å². The van der Waals surface area contributed by atoms with E-state index < -0.39 is 11.4 Å². The molecule has 1 aliphatic carbocycles. The summed E-state index contributed by atoms with van der Waals surface area (Å²) < 4.78 is 13.1. The molecule has 1 saturated heterocycles. The van der Waals surface area contributed by atoms with Crippen molar-refractivity contribution in [1.82, 2.24) is 4.57 Å². The molecule has 1 aromatic rings. The van der Waals surface area contributed by atoms with Crippen LogP contribution >= 0.6 is 0 Å². The summed E-state index contributed by atoms with van der Waals surface area (Å²) >= 11 is 0. The highest BCUT2D eigenvalue weighted by Gasteiger charge is 2.25. The van der Waals surface area contributed by atoms with E-state index in [0.29, 0.717) is 29.6 Å². The first-order valence-corrected chi connectivity index (χ1v) is 11.0. The smallest absolute Gasteiger partial charge is 0.341 e. The van der Waals surface area contributed by atoms with Crippen LogP contribution in [-0.2, 0) is 9.47 Å². The molecule has 2 aliphatic rings. The standard InChI is InChI=1S/C25H32N2O5/c1-16(25(2,3)4)27-14-20(24(29)30)21(28)13-19(27)12-18-6-5-7-22(23(18)26)32-15-17-8-10-31-11-9-17/h5-7,12-14,16-17,26H,8-11,15H2,1-4H3,(H,29,30)/b18-12+,26-23?. The van der Waals surface area contributed by atoms with Crippen LogP contribution in [0.1, 0.15) is 62.6 Å². The molecular weight excluding hydrogens is 408 g/mol. The van der Waals surface area contributed by atoms with Crippen LogP contribution in [0, 0.1) is 16.7 Å². The third kappa shape index (κ3) is 5.46. The summed E-state index contributed by atoms with van der Waals surface area (Å²) in [4.78, 5) is 24.0. The maximum absolute atomic E-state index is 12.4. The van der Waals surface area contributed by atoms with Crippen LogP contribution in [-0.4, -0.2) is 41.2 Å². The number of carboxylic acid groups (broad SMARTS) is 1. The van der Waals surface area contributed by atoms with Gasteiger partial charge < -0.3 is 19.1 Å². The lowest BCUT2D eigenvalue weighted by molar-refractivity contribution is 0.0397. The van der Waals surface area contributed by atoms with E-state index in [4.69, 9.17) is 14.9 Å². The molecule has 0 amide bonds. The van der Waals surface area contributed by atoms with Gasteiger partial charge in [-0.15, -0.1) is 0 Å². The first-order valence-electron chi connectivity index (χ1n) is 11.0. The molecule has 2 N–H and O–H groups in total. The summed E-state index contributed by atoms with van der Waals surface area (Å²) in [7, 11) is 0. The molecule has 7 heteroatoms. The van der Waals surface area contributed by atoms with Crippen LogP contribution in [0.2, 0.25) is 0 Å². The van der Waals surface area contributed by atoms with Gasteiger partial charge in [0.1, 0.15) is 17.0 Å². The molecule has 1 aromatic heterocycles. The number of hydrogen-bond donors (Lipinski definition) is 2. The zero-order chi connectivity index (χ0) is 23.5. The third-order valence-corrected chi connectivity index (χ3v) is 6.19. The molecule has 0 aromatic carbocycles. The van der Waals surface area contributed by atoms with E-state index in [0.717, 1.165) is 26.1 Å². The molecule has 0 radical (unpaired) electrons. The number of nitrogens with zero attached hydrogens (tertiary/aromatic N) is 1. The Morgan fingerprint density at radius 3 is 2.69 bits per heavy atom. The van der Waals surface area contributed by atoms with E-state index in [-0.39, 0.29) is 22.7 Å². The number of carboxylic acids is 1. The Morgan fingerprint density at radius 1 is 1.38 bits per heavy atom. The molecule has 2 heterocycles. The number of nitrogens with one attached hydrogen (secondary N) is 1. The summed E-state index contributed by atoms with van der Waals surface area (Å²) in [5.41, 5.74) is 0.400. The van der Waals surface area contributed by atoms with Crippen molar-refractivity contribution in [3.63, 3.8) is 0 Å². The molecule has 172 valence electrons. The number of carbonyl (C=O) groups is 1. The predicted octanol–water partition coefficient (Wildman–Crippen LogP) is 4.45. The number of rotatable bonds is 6. The quantitative estimate of drug-likeness (QED) is 0.680. The fourth-order valence-corrected chi connectivity index (χ4v) is 3.66. The fraction of sp³-hybridized carbons (Fsp3) is 0.480. The largest absolute Gasteiger partial charge is 0.491 e. The van der Waals surface area contributed by atoms with Gasteiger partial charge in [0.25, 0.3) is 0 Å². The van der Waals surface area contributed by atoms with E-state index in [1.165, 1.54) is 12.3 Å². The number of aromatic nitrogens is 1. The second kappa shape index (κ2) is 9.69. The lowest BCUT2D eigenvalue weighted by atomic mass is 9.87. The van der Waals surface area contributed by atoms with Gasteiger partial charge in [-0.1, -0.05) is 32.9 Å². The summed E-state index contributed by atoms with van der Waals surface area (Å²) in [6, 6.07) is 1.25. The van der Waals surface area contributed by atoms with Crippen molar-refractivity contribution in [2.45, 2.75) is 46.6 Å². The average Bonchev–Trinajstić information content (AvgIpc) is 2.74. The van der Waals surface area contributed by atoms with Crippen molar-refractivity contribution >= 4 is 17.8 Å². The molecule has 1 fully saturated rings. The minimum Gasteiger partial charge on any atom is -0.491 e. The average molecular weight is 441 g/mol. The molecule has 1 unspecified atom stereocenters. The maximum atomic E-state index is 12.4. The van der Waals surface area contributed by atoms with Crippen molar-refractivity contribution in [3.05, 3.63) is 63.3 Å². The monoisotopic (exact) mass is 440 g/mol. The van der Waals surface area contributed by atoms with Gasteiger partial charge in [-0.05, 0) is 43.3 Å². The minimum atomic E-state index is -1.25. The van der Waals surface area contributed by atoms with E-state index >= 15 is 0 Å². The molecule has 32 heavy (non-hydrogen) atoms. The second-order valence-corrected chi connectivity index (χ2v) is 9.46. The van der Waals surface area contributed by atoms with Gasteiger partial charge in [0.05, 0.1) is 6.61 Å². The van der Waals surface area contributed by atoms with Crippen LogP contribution in [0.4, 0.5) is 0 Å². The summed E-state index contributed by atoms with van der Waals surface area (Å²) in [5.74, 6) is -0.344. The highest BCUT2D eigenvalue weighted by Crippen LogP contribution is 2.32. The Balaban J connectivity index is 1.91. The minimum absolute atomic E-state index is 0.0883. The molecule has 3 rings (SSSR count). The topological polar surface area (TPSA) is 102 Å². The third-order valence-electron chi connectivity index (χ3n) is 6.19. The zero-order valence-corrected chi connectivity index (χ0v) is 19.2. The van der Waals surface area contributed by atoms with Crippen LogP contribution in [0.5, 0.6) is 0 Å². The zero-order valence-electron chi connectivity index (χ0n) is 19.2. The highest BCUT2D eigenvalue weighted by molar-refractivity contribution is 6.14. The number of hydrogen-bond acceptors (Lipinski definition) is 5. The van der Waals surface area contributed by atoms with Gasteiger partial charge >= 0.3 is 5.97 Å². The normalized spacial score (nSPS) is 19.7. The highest BCUT2D eigenvalue weighted by atomic mass is 16.5. The molecule has 0 bridgehead atoms. The molecule has 7 nitrogen and oxygen atoms in total. The van der Waals surface area contributed by atoms with Gasteiger partial charge in [-0.3, -0.25) is 10.2 Å². The molecular formula is C25H32N2O5. The molecule has 1 atom stereocenters. The van der Waals surface area contributed by atoms with Gasteiger partial charge in [-0.25, -0.2) is 4.79 Å². The van der Waals surface area contributed by atoms with Crippen LogP contribution in [0.15, 0.2) is 46.6 Å². The van der Waals surface area contributed by atoms with Crippen molar-refractivity contribution in [2.75, 3.05) is 19.8 Å². The Labute approximate surface area is 188 Å². The van der Waals surface area contributed by atoms with Crippen molar-refractivity contribution in [1.29, 1.82) is 5.41 Å². The summed E-state index contributed by atoms with van der Waals surface area (Å²) in [6.07, 6.45) is 10.5. The van der Waals surface area contributed by atoms with Crippen molar-refractivity contribution in [3.8, 4) is 0 Å². The van der Waals surface area contributed by atoms with E-state index in [1.54, 1.807) is 22.8 Å². The van der Waals surface area contributed by atoms with E-state index in [1.807, 2.05) is 13.0 Å². The molecule has 1 aliphatic heterocycles. The van der Waals surface area contributed by atoms with Gasteiger partial charge in [0, 0.05) is 42.8 Å². The van der Waals surface area contributed by atoms with Crippen molar-refractivity contribution in [2.24, 2.45) is 11.3 Å².